The summed E-state index contributed by atoms with van der Waals surface area (Å²) in [7, 11) is 1.97. The summed E-state index contributed by atoms with van der Waals surface area (Å²) in [6.45, 7) is 4.10. The van der Waals surface area contributed by atoms with E-state index in [0.29, 0.717) is 6.04 Å². The Balaban J connectivity index is 2.78. The number of aromatic nitrogens is 2. The van der Waals surface area contributed by atoms with Gasteiger partial charge in [0, 0.05) is 12.2 Å². The van der Waals surface area contributed by atoms with E-state index in [1.165, 1.54) is 0 Å². The van der Waals surface area contributed by atoms with Crippen molar-refractivity contribution in [3.8, 4) is 0 Å². The van der Waals surface area contributed by atoms with Crippen LogP contribution in [-0.4, -0.2) is 17.0 Å². The van der Waals surface area contributed by atoms with Crippen molar-refractivity contribution in [2.75, 3.05) is 7.05 Å². The van der Waals surface area contributed by atoms with E-state index in [-0.39, 0.29) is 0 Å². The lowest BCUT2D eigenvalue weighted by atomic mass is 10.1. The van der Waals surface area contributed by atoms with Crippen molar-refractivity contribution in [3.05, 3.63) is 23.8 Å². The van der Waals surface area contributed by atoms with E-state index in [1.54, 1.807) is 0 Å². The molecule has 0 fully saturated rings. The van der Waals surface area contributed by atoms with Crippen molar-refractivity contribution < 1.29 is 0 Å². The Morgan fingerprint density at radius 1 is 1.54 bits per heavy atom. The van der Waals surface area contributed by atoms with Gasteiger partial charge in [-0.1, -0.05) is 13.3 Å². The fourth-order valence-corrected chi connectivity index (χ4v) is 1.40. The highest BCUT2D eigenvalue weighted by Gasteiger charge is 2.08. The third kappa shape index (κ3) is 2.77. The van der Waals surface area contributed by atoms with E-state index >= 15 is 0 Å². The molecule has 1 N–H and O–H groups in total. The summed E-state index contributed by atoms with van der Waals surface area (Å²) in [6.07, 6.45) is 4.10. The molecule has 0 aliphatic heterocycles. The van der Waals surface area contributed by atoms with Gasteiger partial charge in [0.25, 0.3) is 0 Å². The zero-order chi connectivity index (χ0) is 9.68. The average molecular weight is 179 g/mol. The van der Waals surface area contributed by atoms with Gasteiger partial charge in [0.15, 0.2) is 0 Å². The summed E-state index contributed by atoms with van der Waals surface area (Å²) < 4.78 is 0. The van der Waals surface area contributed by atoms with Crippen LogP contribution in [0.2, 0.25) is 0 Å². The normalized spacial score (nSPS) is 12.8. The summed E-state index contributed by atoms with van der Waals surface area (Å²) in [4.78, 5) is 8.47. The second-order valence-electron chi connectivity index (χ2n) is 3.16. The number of nitrogens with one attached hydrogen (secondary N) is 1. The number of hydrogen-bond donors (Lipinski definition) is 1. The fourth-order valence-electron chi connectivity index (χ4n) is 1.40. The highest BCUT2D eigenvalue weighted by atomic mass is 14.9. The molecule has 1 atom stereocenters. The lowest BCUT2D eigenvalue weighted by Gasteiger charge is -2.14. The monoisotopic (exact) mass is 179 g/mol. The summed E-state index contributed by atoms with van der Waals surface area (Å²) in [5.74, 6) is 0.842. The third-order valence-corrected chi connectivity index (χ3v) is 2.08. The first kappa shape index (κ1) is 10.1. The van der Waals surface area contributed by atoms with Crippen LogP contribution >= 0.6 is 0 Å². The molecule has 13 heavy (non-hydrogen) atoms. The molecule has 0 aromatic carbocycles. The summed E-state index contributed by atoms with van der Waals surface area (Å²) in [6, 6.07) is 2.34. The molecule has 0 bridgehead atoms. The maximum absolute atomic E-state index is 4.39. The molecular weight excluding hydrogens is 162 g/mol. The minimum atomic E-state index is 0.367. The lowest BCUT2D eigenvalue weighted by molar-refractivity contribution is 0.526. The second-order valence-corrected chi connectivity index (χ2v) is 3.16. The molecule has 72 valence electrons. The van der Waals surface area contributed by atoms with Gasteiger partial charge in [-0.25, -0.2) is 9.97 Å². The fraction of sp³-hybridized carbons (Fsp3) is 0.600. The lowest BCUT2D eigenvalue weighted by Crippen LogP contribution is -2.17. The van der Waals surface area contributed by atoms with E-state index in [9.17, 15) is 0 Å². The first-order valence-electron chi connectivity index (χ1n) is 4.74. The van der Waals surface area contributed by atoms with Gasteiger partial charge in [-0.2, -0.15) is 0 Å². The minimum Gasteiger partial charge on any atom is -0.312 e. The Morgan fingerprint density at radius 3 is 2.85 bits per heavy atom. The number of hydrogen-bond acceptors (Lipinski definition) is 3. The molecule has 1 rings (SSSR count). The van der Waals surface area contributed by atoms with Crippen LogP contribution in [0.25, 0.3) is 0 Å². The molecule has 0 aliphatic rings. The van der Waals surface area contributed by atoms with Crippen molar-refractivity contribution in [3.63, 3.8) is 0 Å². The topological polar surface area (TPSA) is 37.8 Å². The molecule has 0 radical (unpaired) electrons. The summed E-state index contributed by atoms with van der Waals surface area (Å²) >= 11 is 0. The third-order valence-electron chi connectivity index (χ3n) is 2.08. The van der Waals surface area contributed by atoms with E-state index in [0.717, 1.165) is 24.4 Å². The Morgan fingerprint density at radius 2 is 2.31 bits per heavy atom. The van der Waals surface area contributed by atoms with Gasteiger partial charge in [-0.05, 0) is 26.5 Å². The predicted octanol–water partition coefficient (Wildman–Crippen LogP) is 1.85. The summed E-state index contributed by atoms with van der Waals surface area (Å²) in [5.41, 5.74) is 1.09. The Labute approximate surface area is 79.6 Å². The van der Waals surface area contributed by atoms with Crippen LogP contribution in [0.1, 0.15) is 37.3 Å². The molecule has 0 spiro atoms. The van der Waals surface area contributed by atoms with Gasteiger partial charge in [0.2, 0.25) is 0 Å². The molecular formula is C10H17N3. The molecule has 0 amide bonds. The van der Waals surface area contributed by atoms with Gasteiger partial charge in [0.05, 0.1) is 5.69 Å². The summed E-state index contributed by atoms with van der Waals surface area (Å²) in [5, 5.41) is 3.26. The van der Waals surface area contributed by atoms with Gasteiger partial charge in [-0.15, -0.1) is 0 Å². The van der Waals surface area contributed by atoms with E-state index in [4.69, 9.17) is 0 Å². The molecule has 0 aliphatic carbocycles. The van der Waals surface area contributed by atoms with Gasteiger partial charge in [0.1, 0.15) is 5.82 Å². The van der Waals surface area contributed by atoms with Crippen LogP contribution in [0, 0.1) is 6.92 Å². The quantitative estimate of drug-likeness (QED) is 0.766. The first-order chi connectivity index (χ1) is 6.27. The first-order valence-corrected chi connectivity index (χ1v) is 4.74. The van der Waals surface area contributed by atoms with E-state index < -0.39 is 0 Å². The maximum Gasteiger partial charge on any atom is 0.125 e. The van der Waals surface area contributed by atoms with Gasteiger partial charge in [-0.3, -0.25) is 0 Å². The molecule has 1 unspecified atom stereocenters. The zero-order valence-electron chi connectivity index (χ0n) is 8.54. The van der Waals surface area contributed by atoms with E-state index in [2.05, 4.69) is 22.2 Å². The minimum absolute atomic E-state index is 0.367. The molecule has 0 saturated heterocycles. The van der Waals surface area contributed by atoms with Crippen LogP contribution in [0.3, 0.4) is 0 Å². The SMILES string of the molecule is CCCC(NC)c1ccnc(C)n1. The highest BCUT2D eigenvalue weighted by Crippen LogP contribution is 2.14. The average Bonchev–Trinajstić information content (AvgIpc) is 2.14. The molecule has 1 aromatic heterocycles. The van der Waals surface area contributed by atoms with Crippen molar-refractivity contribution in [2.45, 2.75) is 32.7 Å². The van der Waals surface area contributed by atoms with E-state index in [1.807, 2.05) is 26.2 Å². The van der Waals surface area contributed by atoms with Gasteiger partial charge >= 0.3 is 0 Å². The van der Waals surface area contributed by atoms with Crippen LogP contribution in [0.5, 0.6) is 0 Å². The Bertz CT molecular complexity index is 260. The number of rotatable bonds is 4. The number of nitrogens with zero attached hydrogens (tertiary/aromatic N) is 2. The second kappa shape index (κ2) is 4.92. The smallest absolute Gasteiger partial charge is 0.125 e. The van der Waals surface area contributed by atoms with Crippen molar-refractivity contribution in [1.82, 2.24) is 15.3 Å². The molecule has 3 heteroatoms. The molecule has 0 saturated carbocycles. The largest absolute Gasteiger partial charge is 0.312 e. The van der Waals surface area contributed by atoms with Crippen LogP contribution in [0.15, 0.2) is 12.3 Å². The van der Waals surface area contributed by atoms with Crippen LogP contribution in [0.4, 0.5) is 0 Å². The number of aryl methyl sites for hydroxylation is 1. The van der Waals surface area contributed by atoms with Crippen LogP contribution < -0.4 is 5.32 Å². The molecule has 1 heterocycles. The van der Waals surface area contributed by atoms with Crippen molar-refractivity contribution in [2.24, 2.45) is 0 Å². The Hall–Kier alpha value is -0.960. The zero-order valence-corrected chi connectivity index (χ0v) is 8.54. The highest BCUT2D eigenvalue weighted by molar-refractivity contribution is 5.06. The molecule has 3 nitrogen and oxygen atoms in total. The van der Waals surface area contributed by atoms with Crippen molar-refractivity contribution >= 4 is 0 Å². The van der Waals surface area contributed by atoms with Gasteiger partial charge < -0.3 is 5.32 Å². The molecule has 1 aromatic rings. The van der Waals surface area contributed by atoms with Crippen molar-refractivity contribution in [1.29, 1.82) is 0 Å². The standard InChI is InChI=1S/C10H17N3/c1-4-5-9(11-3)10-6-7-12-8(2)13-10/h6-7,9,11H,4-5H2,1-3H3. The Kier molecular flexibility index (Phi) is 3.83. The van der Waals surface area contributed by atoms with Crippen LogP contribution in [-0.2, 0) is 0 Å². The maximum atomic E-state index is 4.39. The predicted molar refractivity (Wildman–Crippen MR) is 53.5 cm³/mol.